The lowest BCUT2D eigenvalue weighted by molar-refractivity contribution is 0.917. The lowest BCUT2D eigenvalue weighted by Gasteiger charge is -2.09. The first kappa shape index (κ1) is 12.6. The third kappa shape index (κ3) is 2.14. The van der Waals surface area contributed by atoms with Crippen LogP contribution < -0.4 is 0 Å². The zero-order valence-corrected chi connectivity index (χ0v) is 13.3. The van der Waals surface area contributed by atoms with Gasteiger partial charge in [0, 0.05) is 16.0 Å². The van der Waals surface area contributed by atoms with Crippen LogP contribution in [0.25, 0.3) is 22.3 Å². The number of benzene rings is 1. The molecule has 0 spiro atoms. The number of imidazole rings is 1. The molecule has 0 atom stereocenters. The van der Waals surface area contributed by atoms with Crippen LogP contribution in [0.1, 0.15) is 11.1 Å². The fourth-order valence-corrected chi connectivity index (χ4v) is 2.72. The summed E-state index contributed by atoms with van der Waals surface area (Å²) < 4.78 is 3.27. The van der Waals surface area contributed by atoms with E-state index in [1.807, 2.05) is 17.8 Å². The summed E-state index contributed by atoms with van der Waals surface area (Å²) in [6.45, 7) is 4.25. The summed E-state index contributed by atoms with van der Waals surface area (Å²) in [5.41, 5.74) is 5.59. The zero-order chi connectivity index (χ0) is 13.6. The van der Waals surface area contributed by atoms with Crippen molar-refractivity contribution in [2.24, 2.45) is 7.05 Å². The summed E-state index contributed by atoms with van der Waals surface area (Å²) in [4.78, 5) is 8.94. The van der Waals surface area contributed by atoms with E-state index in [-0.39, 0.29) is 0 Å². The maximum Gasteiger partial charge on any atom is 0.0948 e. The topological polar surface area (TPSA) is 30.7 Å². The average molecular weight is 363 g/mol. The normalized spacial score (nSPS) is 11.2. The van der Waals surface area contributed by atoms with Crippen molar-refractivity contribution in [3.63, 3.8) is 0 Å². The van der Waals surface area contributed by atoms with Gasteiger partial charge in [0.25, 0.3) is 0 Å². The number of fused-ring (bicyclic) bond motifs is 1. The molecule has 3 aromatic rings. The van der Waals surface area contributed by atoms with Crippen molar-refractivity contribution in [2.45, 2.75) is 13.8 Å². The monoisotopic (exact) mass is 363 g/mol. The smallest absolute Gasteiger partial charge is 0.0948 e. The second kappa shape index (κ2) is 4.59. The Morgan fingerprint density at radius 2 is 1.89 bits per heavy atom. The molecule has 1 aromatic carbocycles. The van der Waals surface area contributed by atoms with Gasteiger partial charge in [-0.05, 0) is 65.8 Å². The quantitative estimate of drug-likeness (QED) is 0.615. The number of aryl methyl sites for hydroxylation is 3. The van der Waals surface area contributed by atoms with Crippen molar-refractivity contribution in [2.75, 3.05) is 0 Å². The number of halogens is 1. The Balaban J connectivity index is 2.30. The van der Waals surface area contributed by atoms with Gasteiger partial charge < -0.3 is 4.57 Å². The third-order valence-corrected chi connectivity index (χ3v) is 4.54. The molecule has 0 fully saturated rings. The molecule has 0 unspecified atom stereocenters. The largest absolute Gasteiger partial charge is 0.332 e. The van der Waals surface area contributed by atoms with Crippen LogP contribution in [-0.2, 0) is 7.05 Å². The van der Waals surface area contributed by atoms with Crippen LogP contribution in [0.15, 0.2) is 30.7 Å². The molecule has 0 aliphatic heterocycles. The first-order valence-corrected chi connectivity index (χ1v) is 7.18. The predicted octanol–water partition coefficient (Wildman–Crippen LogP) is 3.86. The number of rotatable bonds is 1. The van der Waals surface area contributed by atoms with E-state index in [1.54, 1.807) is 6.33 Å². The summed E-state index contributed by atoms with van der Waals surface area (Å²) in [5, 5.41) is 1.22. The van der Waals surface area contributed by atoms with Crippen molar-refractivity contribution >= 4 is 33.5 Å². The standard InChI is InChI=1S/C15H14IN3/c1-9-4-14(15-7-17-8-19(15)3)18-13-5-10(2)12(16)6-11(9)13/h4-8H,1-3H3. The predicted molar refractivity (Wildman–Crippen MR) is 86.1 cm³/mol. The molecular formula is C15H14IN3. The Bertz CT molecular complexity index is 774. The first-order chi connectivity index (χ1) is 9.06. The molecule has 19 heavy (non-hydrogen) atoms. The summed E-state index contributed by atoms with van der Waals surface area (Å²) in [6, 6.07) is 6.50. The number of nitrogens with zero attached hydrogens (tertiary/aromatic N) is 3. The Hall–Kier alpha value is -1.43. The van der Waals surface area contributed by atoms with Crippen LogP contribution in [0.4, 0.5) is 0 Å². The van der Waals surface area contributed by atoms with E-state index in [2.05, 4.69) is 59.6 Å². The fourth-order valence-electron chi connectivity index (χ4n) is 2.25. The molecule has 4 heteroatoms. The maximum atomic E-state index is 4.78. The van der Waals surface area contributed by atoms with Crippen molar-refractivity contribution in [1.82, 2.24) is 14.5 Å². The average Bonchev–Trinajstić information content (AvgIpc) is 2.78. The lowest BCUT2D eigenvalue weighted by Crippen LogP contribution is -1.95. The van der Waals surface area contributed by atoms with Gasteiger partial charge in [0.2, 0.25) is 0 Å². The van der Waals surface area contributed by atoms with E-state index in [0.717, 1.165) is 16.9 Å². The van der Waals surface area contributed by atoms with Crippen LogP contribution in [0.3, 0.4) is 0 Å². The van der Waals surface area contributed by atoms with Gasteiger partial charge in [-0.25, -0.2) is 9.97 Å². The number of aromatic nitrogens is 3. The van der Waals surface area contributed by atoms with Gasteiger partial charge in [-0.3, -0.25) is 0 Å². The first-order valence-electron chi connectivity index (χ1n) is 6.10. The van der Waals surface area contributed by atoms with E-state index in [0.29, 0.717) is 0 Å². The Labute approximate surface area is 125 Å². The van der Waals surface area contributed by atoms with Gasteiger partial charge >= 0.3 is 0 Å². The third-order valence-electron chi connectivity index (χ3n) is 3.38. The number of hydrogen-bond acceptors (Lipinski definition) is 2. The van der Waals surface area contributed by atoms with Crippen molar-refractivity contribution in [3.8, 4) is 11.4 Å². The van der Waals surface area contributed by atoms with Gasteiger partial charge in [-0.2, -0.15) is 0 Å². The molecule has 2 heterocycles. The molecule has 0 amide bonds. The lowest BCUT2D eigenvalue weighted by atomic mass is 10.1. The Morgan fingerprint density at radius 1 is 1.11 bits per heavy atom. The van der Waals surface area contributed by atoms with Gasteiger partial charge in [-0.15, -0.1) is 0 Å². The fraction of sp³-hybridized carbons (Fsp3) is 0.200. The minimum Gasteiger partial charge on any atom is -0.332 e. The van der Waals surface area contributed by atoms with Crippen LogP contribution >= 0.6 is 22.6 Å². The zero-order valence-electron chi connectivity index (χ0n) is 11.1. The molecule has 3 nitrogen and oxygen atoms in total. The molecule has 0 aliphatic rings. The highest BCUT2D eigenvalue weighted by Crippen LogP contribution is 2.26. The van der Waals surface area contributed by atoms with Crippen LogP contribution in [-0.4, -0.2) is 14.5 Å². The van der Waals surface area contributed by atoms with Gasteiger partial charge in [0.1, 0.15) is 0 Å². The minimum absolute atomic E-state index is 0.977. The summed E-state index contributed by atoms with van der Waals surface area (Å²) in [7, 11) is 1.99. The molecule has 0 bridgehead atoms. The van der Waals surface area contributed by atoms with E-state index in [4.69, 9.17) is 4.98 Å². The molecular weight excluding hydrogens is 349 g/mol. The van der Waals surface area contributed by atoms with Gasteiger partial charge in [0.15, 0.2) is 0 Å². The molecule has 0 N–H and O–H groups in total. The highest BCUT2D eigenvalue weighted by Gasteiger charge is 2.09. The second-order valence-corrected chi connectivity index (χ2v) is 5.99. The van der Waals surface area contributed by atoms with E-state index in [9.17, 15) is 0 Å². The molecule has 2 aromatic heterocycles. The van der Waals surface area contributed by atoms with E-state index >= 15 is 0 Å². The van der Waals surface area contributed by atoms with Crippen molar-refractivity contribution < 1.29 is 0 Å². The number of pyridine rings is 1. The van der Waals surface area contributed by atoms with Crippen molar-refractivity contribution in [3.05, 3.63) is 45.4 Å². The van der Waals surface area contributed by atoms with Gasteiger partial charge in [0.05, 0.1) is 29.4 Å². The maximum absolute atomic E-state index is 4.78. The summed E-state index contributed by atoms with van der Waals surface area (Å²) >= 11 is 2.37. The SMILES string of the molecule is Cc1cc2nc(-c3cncn3C)cc(C)c2cc1I. The van der Waals surface area contributed by atoms with E-state index in [1.165, 1.54) is 20.1 Å². The summed E-state index contributed by atoms with van der Waals surface area (Å²) in [5.74, 6) is 0. The highest BCUT2D eigenvalue weighted by molar-refractivity contribution is 14.1. The molecule has 96 valence electrons. The molecule has 0 saturated carbocycles. The minimum atomic E-state index is 0.977. The second-order valence-electron chi connectivity index (χ2n) is 4.83. The van der Waals surface area contributed by atoms with Crippen molar-refractivity contribution in [1.29, 1.82) is 0 Å². The molecule has 0 saturated heterocycles. The summed E-state index contributed by atoms with van der Waals surface area (Å²) in [6.07, 6.45) is 3.66. The van der Waals surface area contributed by atoms with E-state index < -0.39 is 0 Å². The van der Waals surface area contributed by atoms with Crippen LogP contribution in [0.2, 0.25) is 0 Å². The van der Waals surface area contributed by atoms with Crippen LogP contribution in [0, 0.1) is 17.4 Å². The molecule has 0 aliphatic carbocycles. The Morgan fingerprint density at radius 3 is 2.58 bits per heavy atom. The van der Waals surface area contributed by atoms with Crippen LogP contribution in [0.5, 0.6) is 0 Å². The molecule has 0 radical (unpaired) electrons. The number of hydrogen-bond donors (Lipinski definition) is 0. The van der Waals surface area contributed by atoms with Gasteiger partial charge in [-0.1, -0.05) is 0 Å². The molecule has 3 rings (SSSR count). The highest BCUT2D eigenvalue weighted by atomic mass is 127. The Kier molecular flexibility index (Phi) is 3.05.